The molecule has 36 heavy (non-hydrogen) atoms. The SMILES string of the molecule is COc1ccc(-n2nc(-c3ccc(F)cc3)cc2C(=O)NC(c2ccccc2)c2ccccc2)cc1. The lowest BCUT2D eigenvalue weighted by molar-refractivity contribution is 0.0935. The summed E-state index contributed by atoms with van der Waals surface area (Å²) in [6, 6.07) is 34.4. The van der Waals surface area contributed by atoms with Gasteiger partial charge in [0.25, 0.3) is 5.91 Å². The standard InChI is InChI=1S/C30H24FN3O2/c1-36-26-18-16-25(17-19-26)34-28(20-27(33-34)21-12-14-24(31)15-13-21)30(35)32-29(22-8-4-2-5-9-22)23-10-6-3-7-11-23/h2-20,29H,1H3,(H,32,35). The fraction of sp³-hybridized carbons (Fsp3) is 0.0667. The molecule has 0 radical (unpaired) electrons. The second-order valence-electron chi connectivity index (χ2n) is 8.26. The second-order valence-corrected chi connectivity index (χ2v) is 8.26. The van der Waals surface area contributed by atoms with Gasteiger partial charge in [0.05, 0.1) is 24.5 Å². The summed E-state index contributed by atoms with van der Waals surface area (Å²) < 4.78 is 20.4. The molecule has 4 aromatic carbocycles. The number of rotatable bonds is 7. The molecule has 0 aliphatic heterocycles. The molecule has 1 heterocycles. The third-order valence-electron chi connectivity index (χ3n) is 5.94. The Hall–Kier alpha value is -4.71. The largest absolute Gasteiger partial charge is 0.497 e. The lowest BCUT2D eigenvalue weighted by Crippen LogP contribution is -2.31. The molecule has 0 saturated carbocycles. The molecule has 0 aliphatic rings. The molecule has 5 rings (SSSR count). The van der Waals surface area contributed by atoms with Gasteiger partial charge in [0.2, 0.25) is 0 Å². The number of benzene rings is 4. The van der Waals surface area contributed by atoms with Crippen LogP contribution in [0.2, 0.25) is 0 Å². The molecule has 0 aliphatic carbocycles. The van der Waals surface area contributed by atoms with E-state index in [1.54, 1.807) is 30.0 Å². The monoisotopic (exact) mass is 477 g/mol. The highest BCUT2D eigenvalue weighted by Gasteiger charge is 2.22. The summed E-state index contributed by atoms with van der Waals surface area (Å²) >= 11 is 0. The van der Waals surface area contributed by atoms with Crippen molar-refractivity contribution in [1.82, 2.24) is 15.1 Å². The van der Waals surface area contributed by atoms with Gasteiger partial charge in [-0.25, -0.2) is 9.07 Å². The average Bonchev–Trinajstić information content (AvgIpc) is 3.39. The van der Waals surface area contributed by atoms with Crippen molar-refractivity contribution in [3.05, 3.63) is 138 Å². The van der Waals surface area contributed by atoms with Crippen LogP contribution in [0.15, 0.2) is 115 Å². The van der Waals surface area contributed by atoms with Crippen molar-refractivity contribution >= 4 is 5.91 Å². The van der Waals surface area contributed by atoms with Gasteiger partial charge < -0.3 is 10.1 Å². The molecule has 1 aromatic heterocycles. The van der Waals surface area contributed by atoms with Crippen LogP contribution in [-0.2, 0) is 0 Å². The summed E-state index contributed by atoms with van der Waals surface area (Å²) in [7, 11) is 1.60. The Morgan fingerprint density at radius 3 is 1.97 bits per heavy atom. The van der Waals surface area contributed by atoms with E-state index in [0.29, 0.717) is 28.4 Å². The Kier molecular flexibility index (Phi) is 6.58. The van der Waals surface area contributed by atoms with E-state index in [1.165, 1.54) is 12.1 Å². The van der Waals surface area contributed by atoms with Crippen molar-refractivity contribution in [3.8, 4) is 22.7 Å². The molecular weight excluding hydrogens is 453 g/mol. The van der Waals surface area contributed by atoms with Crippen LogP contribution in [0.3, 0.4) is 0 Å². The molecule has 0 fully saturated rings. The van der Waals surface area contributed by atoms with Crippen LogP contribution in [0, 0.1) is 5.82 Å². The number of aromatic nitrogens is 2. The predicted molar refractivity (Wildman–Crippen MR) is 138 cm³/mol. The Labute approximate surface area is 208 Å². The second kappa shape index (κ2) is 10.3. The maximum atomic E-state index is 13.8. The van der Waals surface area contributed by atoms with Crippen molar-refractivity contribution in [2.75, 3.05) is 7.11 Å². The zero-order valence-corrected chi connectivity index (χ0v) is 19.6. The lowest BCUT2D eigenvalue weighted by Gasteiger charge is -2.20. The minimum absolute atomic E-state index is 0.288. The van der Waals surface area contributed by atoms with Gasteiger partial charge in [-0.3, -0.25) is 4.79 Å². The summed E-state index contributed by atoms with van der Waals surface area (Å²) in [5.41, 5.74) is 4.26. The van der Waals surface area contributed by atoms with Crippen LogP contribution < -0.4 is 10.1 Å². The summed E-state index contributed by atoms with van der Waals surface area (Å²) in [6.45, 7) is 0. The van der Waals surface area contributed by atoms with Gasteiger partial charge in [0.1, 0.15) is 17.3 Å². The molecule has 5 aromatic rings. The molecular formula is C30H24FN3O2. The van der Waals surface area contributed by atoms with E-state index in [0.717, 1.165) is 11.1 Å². The number of carbonyl (C=O) groups excluding carboxylic acids is 1. The van der Waals surface area contributed by atoms with Crippen LogP contribution in [0.5, 0.6) is 5.75 Å². The molecule has 6 heteroatoms. The summed E-state index contributed by atoms with van der Waals surface area (Å²) in [4.78, 5) is 13.8. The van der Waals surface area contributed by atoms with Crippen LogP contribution in [-0.4, -0.2) is 22.8 Å². The number of hydrogen-bond donors (Lipinski definition) is 1. The molecule has 1 amide bonds. The first kappa shape index (κ1) is 23.1. The Balaban J connectivity index is 1.56. The summed E-state index contributed by atoms with van der Waals surface area (Å²) in [5, 5.41) is 7.89. The predicted octanol–water partition coefficient (Wildman–Crippen LogP) is 6.21. The van der Waals surface area contributed by atoms with Gasteiger partial charge in [-0.2, -0.15) is 5.10 Å². The van der Waals surface area contributed by atoms with Gasteiger partial charge in [0.15, 0.2) is 0 Å². The Morgan fingerprint density at radius 2 is 1.42 bits per heavy atom. The molecule has 0 bridgehead atoms. The number of amides is 1. The third kappa shape index (κ3) is 4.88. The van der Waals surface area contributed by atoms with E-state index in [-0.39, 0.29) is 17.8 Å². The van der Waals surface area contributed by atoms with E-state index >= 15 is 0 Å². The van der Waals surface area contributed by atoms with E-state index in [9.17, 15) is 9.18 Å². The zero-order chi connectivity index (χ0) is 24.9. The van der Waals surface area contributed by atoms with Gasteiger partial charge in [-0.1, -0.05) is 60.7 Å². The highest BCUT2D eigenvalue weighted by Crippen LogP contribution is 2.26. The molecule has 0 spiro atoms. The molecule has 5 nitrogen and oxygen atoms in total. The molecule has 0 atom stereocenters. The van der Waals surface area contributed by atoms with E-state index < -0.39 is 0 Å². The van der Waals surface area contributed by atoms with Crippen LogP contribution in [0.4, 0.5) is 4.39 Å². The maximum Gasteiger partial charge on any atom is 0.270 e. The first-order valence-corrected chi connectivity index (χ1v) is 11.5. The van der Waals surface area contributed by atoms with Gasteiger partial charge in [-0.05, 0) is 65.7 Å². The quantitative estimate of drug-likeness (QED) is 0.303. The van der Waals surface area contributed by atoms with E-state index in [4.69, 9.17) is 9.84 Å². The summed E-state index contributed by atoms with van der Waals surface area (Å²) in [6.07, 6.45) is 0. The first-order valence-electron chi connectivity index (χ1n) is 11.5. The Bertz CT molecular complexity index is 1410. The minimum Gasteiger partial charge on any atom is -0.497 e. The minimum atomic E-state index is -0.353. The van der Waals surface area contributed by atoms with Crippen LogP contribution in [0.1, 0.15) is 27.7 Å². The third-order valence-corrected chi connectivity index (χ3v) is 5.94. The molecule has 178 valence electrons. The highest BCUT2D eigenvalue weighted by atomic mass is 19.1. The van der Waals surface area contributed by atoms with Crippen molar-refractivity contribution < 1.29 is 13.9 Å². The number of ether oxygens (including phenoxy) is 1. The van der Waals surface area contributed by atoms with E-state index in [1.807, 2.05) is 84.9 Å². The smallest absolute Gasteiger partial charge is 0.270 e. The highest BCUT2D eigenvalue weighted by molar-refractivity contribution is 5.95. The number of hydrogen-bond acceptors (Lipinski definition) is 3. The lowest BCUT2D eigenvalue weighted by atomic mass is 9.98. The average molecular weight is 478 g/mol. The van der Waals surface area contributed by atoms with Gasteiger partial charge in [0, 0.05) is 5.56 Å². The number of methoxy groups -OCH3 is 1. The number of carbonyl (C=O) groups is 1. The van der Waals surface area contributed by atoms with E-state index in [2.05, 4.69) is 5.32 Å². The number of halogens is 1. The van der Waals surface area contributed by atoms with Crippen molar-refractivity contribution in [2.24, 2.45) is 0 Å². The molecule has 0 unspecified atom stereocenters. The van der Waals surface area contributed by atoms with Crippen LogP contribution in [0.25, 0.3) is 16.9 Å². The van der Waals surface area contributed by atoms with Gasteiger partial charge >= 0.3 is 0 Å². The van der Waals surface area contributed by atoms with Crippen molar-refractivity contribution in [2.45, 2.75) is 6.04 Å². The fourth-order valence-electron chi connectivity index (χ4n) is 4.08. The maximum absolute atomic E-state index is 13.8. The van der Waals surface area contributed by atoms with Gasteiger partial charge in [-0.15, -0.1) is 0 Å². The zero-order valence-electron chi connectivity index (χ0n) is 19.6. The fourth-order valence-corrected chi connectivity index (χ4v) is 4.08. The number of nitrogens with one attached hydrogen (secondary N) is 1. The summed E-state index contributed by atoms with van der Waals surface area (Å²) in [5.74, 6) is 0.0770. The first-order chi connectivity index (χ1) is 17.6. The number of nitrogens with zero attached hydrogens (tertiary/aromatic N) is 2. The molecule has 1 N–H and O–H groups in total. The Morgan fingerprint density at radius 1 is 0.833 bits per heavy atom. The normalized spacial score (nSPS) is 10.9. The van der Waals surface area contributed by atoms with Crippen molar-refractivity contribution in [1.29, 1.82) is 0 Å². The topological polar surface area (TPSA) is 56.2 Å². The molecule has 0 saturated heterocycles. The van der Waals surface area contributed by atoms with Crippen LogP contribution >= 0.6 is 0 Å². The van der Waals surface area contributed by atoms with Crippen molar-refractivity contribution in [3.63, 3.8) is 0 Å².